The van der Waals surface area contributed by atoms with Crippen molar-refractivity contribution in [2.24, 2.45) is 5.92 Å². The molecule has 170 valence electrons. The van der Waals surface area contributed by atoms with E-state index >= 15 is 0 Å². The molecule has 0 unspecified atom stereocenters. The number of methoxy groups -OCH3 is 1. The molecule has 5 atom stereocenters. The topological polar surface area (TPSA) is 93.5 Å². The molecule has 1 aliphatic heterocycles. The molecule has 1 aromatic heterocycles. The van der Waals surface area contributed by atoms with Gasteiger partial charge in [0.15, 0.2) is 5.78 Å². The van der Waals surface area contributed by atoms with Crippen LogP contribution in [0.3, 0.4) is 0 Å². The number of ketones is 1. The summed E-state index contributed by atoms with van der Waals surface area (Å²) in [6.07, 6.45) is 5.71. The van der Waals surface area contributed by atoms with Crippen LogP contribution in [0.15, 0.2) is 24.3 Å². The van der Waals surface area contributed by atoms with Crippen molar-refractivity contribution in [2.75, 3.05) is 7.11 Å². The average molecular weight is 439 g/mol. The number of Topliss-reactive ketones (excluding diaryl/α,β-unsaturated/α-hetero) is 1. The monoisotopic (exact) mass is 438 g/mol. The fourth-order valence-corrected chi connectivity index (χ4v) is 5.55. The van der Waals surface area contributed by atoms with Crippen LogP contribution in [-0.2, 0) is 20.9 Å². The van der Waals surface area contributed by atoms with E-state index in [0.717, 1.165) is 49.4 Å². The van der Waals surface area contributed by atoms with Crippen LogP contribution in [0.2, 0.25) is 0 Å². The third-order valence-corrected chi connectivity index (χ3v) is 7.28. The van der Waals surface area contributed by atoms with Crippen LogP contribution < -0.4 is 5.32 Å². The lowest BCUT2D eigenvalue weighted by Gasteiger charge is -2.32. The number of rotatable bonds is 6. The zero-order valence-electron chi connectivity index (χ0n) is 18.6. The van der Waals surface area contributed by atoms with Crippen LogP contribution in [-0.4, -0.2) is 63.6 Å². The van der Waals surface area contributed by atoms with Crippen LogP contribution in [0.4, 0.5) is 0 Å². The number of ether oxygens (including phenoxy) is 1. The van der Waals surface area contributed by atoms with Crippen LogP contribution in [0.1, 0.15) is 55.9 Å². The van der Waals surface area contributed by atoms with Gasteiger partial charge in [-0.2, -0.15) is 5.10 Å². The van der Waals surface area contributed by atoms with Crippen molar-refractivity contribution in [1.82, 2.24) is 20.0 Å². The molecule has 1 saturated heterocycles. The van der Waals surface area contributed by atoms with Gasteiger partial charge in [0, 0.05) is 31.5 Å². The summed E-state index contributed by atoms with van der Waals surface area (Å²) in [5.41, 5.74) is 1.13. The highest BCUT2D eigenvalue weighted by atomic mass is 16.5. The van der Waals surface area contributed by atoms with Gasteiger partial charge in [0.05, 0.1) is 11.6 Å². The summed E-state index contributed by atoms with van der Waals surface area (Å²) in [4.78, 5) is 40.3. The molecule has 2 heterocycles. The van der Waals surface area contributed by atoms with E-state index in [0.29, 0.717) is 11.6 Å². The molecular formula is C24H30N4O4. The van der Waals surface area contributed by atoms with E-state index < -0.39 is 6.04 Å². The van der Waals surface area contributed by atoms with Gasteiger partial charge in [0.25, 0.3) is 0 Å². The van der Waals surface area contributed by atoms with Crippen LogP contribution >= 0.6 is 0 Å². The Morgan fingerprint density at radius 1 is 1.16 bits per heavy atom. The third-order valence-electron chi connectivity index (χ3n) is 7.28. The molecule has 8 nitrogen and oxygen atoms in total. The quantitative estimate of drug-likeness (QED) is 0.699. The number of hydrogen-bond acceptors (Lipinski definition) is 5. The highest BCUT2D eigenvalue weighted by Gasteiger charge is 2.56. The molecule has 2 amide bonds. The van der Waals surface area contributed by atoms with Gasteiger partial charge in [-0.1, -0.05) is 18.2 Å². The molecule has 0 spiro atoms. The number of aromatic nitrogens is 2. The number of benzene rings is 1. The fourth-order valence-electron chi connectivity index (χ4n) is 5.55. The lowest BCUT2D eigenvalue weighted by molar-refractivity contribution is -0.140. The normalized spacial score (nSPS) is 29.1. The Morgan fingerprint density at radius 3 is 2.75 bits per heavy atom. The summed E-state index contributed by atoms with van der Waals surface area (Å²) in [5.74, 6) is 0.115. The molecule has 32 heavy (non-hydrogen) atoms. The van der Waals surface area contributed by atoms with E-state index in [9.17, 15) is 14.4 Å². The Hall–Kier alpha value is -2.74. The fraction of sp³-hybridized carbons (Fsp3) is 0.583. The van der Waals surface area contributed by atoms with E-state index in [-0.39, 0.29) is 42.3 Å². The minimum atomic E-state index is -0.428. The largest absolute Gasteiger partial charge is 0.381 e. The van der Waals surface area contributed by atoms with Gasteiger partial charge in [0.2, 0.25) is 11.8 Å². The number of hydrogen-bond donors (Lipinski definition) is 1. The number of carbonyl (C=O) groups excluding carboxylic acids is 3. The first-order valence-electron chi connectivity index (χ1n) is 11.6. The summed E-state index contributed by atoms with van der Waals surface area (Å²) in [5, 5.41) is 8.36. The molecule has 1 N–H and O–H groups in total. The van der Waals surface area contributed by atoms with Gasteiger partial charge >= 0.3 is 0 Å². The molecule has 3 fully saturated rings. The molecule has 2 saturated carbocycles. The van der Waals surface area contributed by atoms with Crippen molar-refractivity contribution in [3.63, 3.8) is 0 Å². The van der Waals surface area contributed by atoms with E-state index in [4.69, 9.17) is 4.74 Å². The Morgan fingerprint density at radius 2 is 1.97 bits per heavy atom. The van der Waals surface area contributed by atoms with Gasteiger partial charge in [-0.05, 0) is 50.5 Å². The second kappa shape index (κ2) is 8.31. The Kier molecular flexibility index (Phi) is 5.49. The summed E-state index contributed by atoms with van der Waals surface area (Å²) < 4.78 is 7.08. The van der Waals surface area contributed by atoms with Crippen molar-refractivity contribution < 1.29 is 19.1 Å². The first kappa shape index (κ1) is 21.1. The number of piperidine rings is 1. The van der Waals surface area contributed by atoms with E-state index in [1.807, 2.05) is 24.3 Å². The molecule has 0 bridgehead atoms. The van der Waals surface area contributed by atoms with E-state index in [2.05, 4.69) is 10.4 Å². The molecule has 3 aliphatic rings. The maximum absolute atomic E-state index is 13.4. The van der Waals surface area contributed by atoms with Crippen molar-refractivity contribution in [3.05, 3.63) is 30.0 Å². The standard InChI is InChI=1S/C24H30N4O4/c1-14(29)23-18-8-3-4-9-19(18)27(26-23)13-22(30)28-20-10-15(20)11-21(28)24(31)25-16-6-5-7-17(12-16)32-2/h3-4,8-9,15-17,20-21H,5-7,10-13H2,1-2H3,(H,25,31)/t15-,16+,17+,20-,21+/m1/s1. The number of fused-ring (bicyclic) bond motifs is 2. The highest BCUT2D eigenvalue weighted by Crippen LogP contribution is 2.48. The minimum Gasteiger partial charge on any atom is -0.381 e. The second-order valence-corrected chi connectivity index (χ2v) is 9.43. The molecule has 2 aliphatic carbocycles. The third kappa shape index (κ3) is 3.81. The molecular weight excluding hydrogens is 408 g/mol. The van der Waals surface area contributed by atoms with Crippen molar-refractivity contribution in [1.29, 1.82) is 0 Å². The van der Waals surface area contributed by atoms with Gasteiger partial charge in [-0.3, -0.25) is 19.1 Å². The predicted molar refractivity (Wildman–Crippen MR) is 118 cm³/mol. The van der Waals surface area contributed by atoms with E-state index in [1.54, 1.807) is 16.7 Å². The molecule has 2 aromatic rings. The highest BCUT2D eigenvalue weighted by molar-refractivity contribution is 6.05. The number of likely N-dealkylation sites (tertiary alicyclic amines) is 1. The van der Waals surface area contributed by atoms with E-state index in [1.165, 1.54) is 6.92 Å². The zero-order valence-corrected chi connectivity index (χ0v) is 18.6. The predicted octanol–water partition coefficient (Wildman–Crippen LogP) is 2.30. The van der Waals surface area contributed by atoms with Gasteiger partial charge < -0.3 is 15.0 Å². The summed E-state index contributed by atoms with van der Waals surface area (Å²) in [6.45, 7) is 1.51. The lowest BCUT2D eigenvalue weighted by atomic mass is 9.92. The first-order chi connectivity index (χ1) is 15.5. The summed E-state index contributed by atoms with van der Waals surface area (Å²) in [6, 6.07) is 7.26. The first-order valence-corrected chi connectivity index (χ1v) is 11.6. The maximum Gasteiger partial charge on any atom is 0.245 e. The van der Waals surface area contributed by atoms with Crippen LogP contribution in [0.25, 0.3) is 10.9 Å². The van der Waals surface area contributed by atoms with Crippen LogP contribution in [0, 0.1) is 5.92 Å². The molecule has 0 radical (unpaired) electrons. The van der Waals surface area contributed by atoms with Gasteiger partial charge in [-0.25, -0.2) is 0 Å². The minimum absolute atomic E-state index is 0.0238. The molecule has 8 heteroatoms. The zero-order chi connectivity index (χ0) is 22.4. The van der Waals surface area contributed by atoms with Gasteiger partial charge in [-0.15, -0.1) is 0 Å². The number of nitrogens with one attached hydrogen (secondary N) is 1. The smallest absolute Gasteiger partial charge is 0.245 e. The number of nitrogens with zero attached hydrogens (tertiary/aromatic N) is 3. The number of amides is 2. The average Bonchev–Trinajstić information content (AvgIpc) is 3.29. The van der Waals surface area contributed by atoms with Gasteiger partial charge in [0.1, 0.15) is 18.3 Å². The van der Waals surface area contributed by atoms with Crippen molar-refractivity contribution in [3.8, 4) is 0 Å². The maximum atomic E-state index is 13.4. The number of carbonyl (C=O) groups is 3. The Labute approximate surface area is 187 Å². The molecule has 1 aromatic carbocycles. The van der Waals surface area contributed by atoms with Crippen molar-refractivity contribution in [2.45, 2.75) is 76.2 Å². The van der Waals surface area contributed by atoms with Crippen LogP contribution in [0.5, 0.6) is 0 Å². The SMILES string of the molecule is CO[C@H]1CCC[C@H](NC(=O)[C@@H]2C[C@H]3C[C@H]3N2C(=O)Cn2nc(C(C)=O)c3ccccc32)C1. The second-order valence-electron chi connectivity index (χ2n) is 9.43. The Balaban J connectivity index is 1.32. The number of para-hydroxylation sites is 1. The van der Waals surface area contributed by atoms with Crippen molar-refractivity contribution >= 4 is 28.5 Å². The molecule has 5 rings (SSSR count). The Bertz CT molecular complexity index is 1060. The summed E-state index contributed by atoms with van der Waals surface area (Å²) in [7, 11) is 1.72. The summed E-state index contributed by atoms with van der Waals surface area (Å²) >= 11 is 0. The lowest BCUT2D eigenvalue weighted by Crippen LogP contribution is -2.52.